The minimum absolute atomic E-state index is 0.0808. The number of benzene rings is 4. The fourth-order valence-corrected chi connectivity index (χ4v) is 11.9. The first-order chi connectivity index (χ1) is 49.0. The molecule has 0 aromatic heterocycles. The van der Waals surface area contributed by atoms with Crippen LogP contribution in [0.5, 0.6) is 34.5 Å². The van der Waals surface area contributed by atoms with Crippen molar-refractivity contribution in [2.24, 2.45) is 81.4 Å². The van der Waals surface area contributed by atoms with Gasteiger partial charge in [-0.2, -0.15) is 0 Å². The monoisotopic (exact) mass is 1480 g/mol. The van der Waals surface area contributed by atoms with Gasteiger partial charge in [0.25, 0.3) is 22.9 Å². The number of nitrogens with two attached hydrogens (primary N) is 8. The lowest BCUT2D eigenvalue weighted by Crippen LogP contribution is -2.66. The van der Waals surface area contributed by atoms with Gasteiger partial charge in [0.2, 0.25) is 0 Å². The molecular weight excluding hydrogens is 1380 g/mol. The molecule has 2 aliphatic rings. The number of rotatable bonds is 37. The molecule has 10 atom stereocenters. The lowest BCUT2D eigenvalue weighted by atomic mass is 9.80. The summed E-state index contributed by atoms with van der Waals surface area (Å²) < 4.78 is 46.0. The zero-order chi connectivity index (χ0) is 79.6. The summed E-state index contributed by atoms with van der Waals surface area (Å²) in [5.74, 6) is -18.6. The van der Waals surface area contributed by atoms with Gasteiger partial charge < -0.3 is 80.7 Å². The Labute approximate surface area is 615 Å². The average molecular weight is 1490 g/mol. The number of phenolic OH excluding ortho intramolecular Hbond substituents is 2. The van der Waals surface area contributed by atoms with Crippen molar-refractivity contribution in [3.8, 4) is 34.5 Å². The Balaban J connectivity index is 1.15. The molecule has 2 heterocycles. The van der Waals surface area contributed by atoms with Gasteiger partial charge in [0, 0.05) is 75.3 Å². The van der Waals surface area contributed by atoms with Gasteiger partial charge >= 0.3 is 47.8 Å². The molecule has 0 saturated heterocycles. The van der Waals surface area contributed by atoms with Crippen molar-refractivity contribution < 1.29 is 106 Å². The van der Waals surface area contributed by atoms with E-state index in [1.54, 1.807) is 93.5 Å². The molecule has 4 aromatic rings. The van der Waals surface area contributed by atoms with Gasteiger partial charge in [0.05, 0.1) is 0 Å². The Bertz CT molecular complexity index is 3630. The highest BCUT2D eigenvalue weighted by molar-refractivity contribution is 6.13. The van der Waals surface area contributed by atoms with Gasteiger partial charge in [-0.1, -0.05) is 132 Å². The minimum atomic E-state index is -2.87. The molecule has 20 N–H and O–H groups in total. The molecule has 106 heavy (non-hydrogen) atoms. The normalized spacial score (nSPS) is 19.4. The quantitative estimate of drug-likeness (QED) is 0.00764. The number of phenols is 2. The minimum Gasteiger partial charge on any atom is -0.508 e. The van der Waals surface area contributed by atoms with E-state index in [0.717, 1.165) is 23.3 Å². The van der Waals surface area contributed by atoms with E-state index in [1.165, 1.54) is 52.0 Å². The van der Waals surface area contributed by atoms with Crippen LogP contribution in [0.1, 0.15) is 158 Å². The second-order valence-electron chi connectivity index (χ2n) is 30.2. The number of carbonyl (C=O) groups excluding carboxylic acids is 10. The van der Waals surface area contributed by atoms with Crippen LogP contribution in [0.25, 0.3) is 0 Å². The van der Waals surface area contributed by atoms with E-state index in [4.69, 9.17) is 93.4 Å². The molecule has 32 heteroatoms. The molecule has 0 radical (unpaired) electrons. The smallest absolute Gasteiger partial charge is 0.371 e. The summed E-state index contributed by atoms with van der Waals surface area (Å²) in [6.45, 7) is 21.5. The van der Waals surface area contributed by atoms with Crippen LogP contribution in [-0.2, 0) is 102 Å². The summed E-state index contributed by atoms with van der Waals surface area (Å²) in [4.78, 5) is 153. The maximum Gasteiger partial charge on any atom is 0.371 e. The van der Waals surface area contributed by atoms with Gasteiger partial charge in [0.15, 0.2) is 34.1 Å². The van der Waals surface area contributed by atoms with Crippen LogP contribution in [0.3, 0.4) is 0 Å². The number of hydrogen-bond acceptors (Lipinski definition) is 32. The zero-order valence-corrected chi connectivity index (χ0v) is 62.5. The predicted molar refractivity (Wildman–Crippen MR) is 380 cm³/mol. The molecule has 582 valence electrons. The van der Waals surface area contributed by atoms with Crippen molar-refractivity contribution in [1.82, 2.24) is 11.0 Å². The van der Waals surface area contributed by atoms with Crippen LogP contribution in [0, 0.1) is 35.5 Å². The van der Waals surface area contributed by atoms with Crippen LogP contribution in [0.2, 0.25) is 0 Å². The molecule has 4 aromatic carbocycles. The third-order valence-electron chi connectivity index (χ3n) is 17.7. The summed E-state index contributed by atoms with van der Waals surface area (Å²) in [6.07, 6.45) is -3.91. The van der Waals surface area contributed by atoms with Crippen molar-refractivity contribution in [3.63, 3.8) is 0 Å². The molecule has 0 fully saturated rings. The number of aromatic hydroxyl groups is 2. The second kappa shape index (κ2) is 34.1. The van der Waals surface area contributed by atoms with Gasteiger partial charge in [-0.3, -0.25) is 32.5 Å². The number of carbonyl (C=O) groups is 10. The van der Waals surface area contributed by atoms with Crippen molar-refractivity contribution in [2.45, 2.75) is 219 Å². The molecule has 0 saturated carbocycles. The SMILES string of the molecule is CC(C)CC(N)(OC(=O)C(N)(CC(C)C)C(=O)CCC(=O)C(N)(CC(C)C)C(=O)OC(N)(CC(C)C)C(=O)OC(N)(C(=O)Oc1cc(O)ccc1CC(N)C(=O)ONC1(C)Cc2ccccc2O1)C(C)C)C(=O)OC(N)(C(=O)Oc1cc(O)ccc1CC(N)C(=O)ONC1(C)Cc2ccccc2O1)C(C)C. The summed E-state index contributed by atoms with van der Waals surface area (Å²) in [7, 11) is 0. The molecule has 0 spiro atoms. The van der Waals surface area contributed by atoms with E-state index in [0.29, 0.717) is 24.3 Å². The van der Waals surface area contributed by atoms with Crippen molar-refractivity contribution in [1.29, 1.82) is 0 Å². The molecule has 0 amide bonds. The first-order valence-electron chi connectivity index (χ1n) is 34.9. The first kappa shape index (κ1) is 85.7. The topological polar surface area (TPSA) is 536 Å². The summed E-state index contributed by atoms with van der Waals surface area (Å²) in [5, 5.41) is 21.1. The second-order valence-corrected chi connectivity index (χ2v) is 30.2. The standard InChI is InChI=1S/C74H104N10O22/c1-39(2)33-69(77,61(91)101-71(79,35-41(5)6)63(93)103-73(81,43(9)10)65(95)97-55-31-49(85)25-23-45(55)29-51(75)59(89)105-83-67(13)37-47-19-15-17-21-53(47)99-67)57(87)27-28-58(88)70(78,34-40(3)4)62(92)102-72(80,36-42(7)8)64(94)104-74(82,44(11)12)66(96)98-56-32-50(86)26-24-46(56)30-52(76)60(90)106-84-68(14)38-48-20-16-18-22-54(48)100-68/h15-26,31-32,39-44,51-52,83-86H,27-30,33-38,75-82H2,1-14H3. The van der Waals surface area contributed by atoms with Gasteiger partial charge in [-0.25, -0.2) is 38.4 Å². The maximum absolute atomic E-state index is 14.7. The van der Waals surface area contributed by atoms with E-state index in [-0.39, 0.29) is 35.5 Å². The molecular formula is C74H104N10O22. The molecule has 0 aliphatic carbocycles. The molecule has 0 bridgehead atoms. The number of esters is 6. The Morgan fingerprint density at radius 1 is 0.453 bits per heavy atom. The summed E-state index contributed by atoms with van der Waals surface area (Å²) in [5.41, 5.74) is 40.6. The molecule has 10 unspecified atom stereocenters. The number of para-hydroxylation sites is 2. The van der Waals surface area contributed by atoms with Gasteiger partial charge in [0.1, 0.15) is 46.6 Å². The highest BCUT2D eigenvalue weighted by Gasteiger charge is 2.57. The predicted octanol–water partition coefficient (Wildman–Crippen LogP) is 3.75. The summed E-state index contributed by atoms with van der Waals surface area (Å²) >= 11 is 0. The molecule has 2 aliphatic heterocycles. The van der Waals surface area contributed by atoms with E-state index < -0.39 is 202 Å². The van der Waals surface area contributed by atoms with E-state index in [1.807, 2.05) is 24.3 Å². The largest absolute Gasteiger partial charge is 0.508 e. The maximum atomic E-state index is 14.7. The highest BCUT2D eigenvalue weighted by atomic mass is 16.7. The number of Topliss-reactive ketones (excluding diaryl/α,β-unsaturated/α-hetero) is 2. The first-order valence-corrected chi connectivity index (χ1v) is 34.9. The third kappa shape index (κ3) is 20.9. The lowest BCUT2D eigenvalue weighted by Gasteiger charge is -2.38. The number of ketones is 2. The number of fused-ring (bicyclic) bond motifs is 2. The van der Waals surface area contributed by atoms with Crippen LogP contribution in [0.4, 0.5) is 0 Å². The van der Waals surface area contributed by atoms with Crippen LogP contribution >= 0.6 is 0 Å². The van der Waals surface area contributed by atoms with Gasteiger partial charge in [-0.05, 0) is 96.9 Å². The number of ether oxygens (including phenoxy) is 8. The Hall–Kier alpha value is -9.22. The highest BCUT2D eigenvalue weighted by Crippen LogP contribution is 2.38. The van der Waals surface area contributed by atoms with Gasteiger partial charge in [-0.15, -0.1) is 11.0 Å². The van der Waals surface area contributed by atoms with Crippen molar-refractivity contribution >= 4 is 59.3 Å². The van der Waals surface area contributed by atoms with Crippen LogP contribution in [0.15, 0.2) is 84.9 Å². The van der Waals surface area contributed by atoms with E-state index in [2.05, 4.69) is 11.0 Å². The summed E-state index contributed by atoms with van der Waals surface area (Å²) in [6, 6.07) is 18.8. The Kier molecular flexibility index (Phi) is 27.6. The number of hydrogen-bond donors (Lipinski definition) is 12. The van der Waals surface area contributed by atoms with Crippen molar-refractivity contribution in [3.05, 3.63) is 107 Å². The van der Waals surface area contributed by atoms with Crippen LogP contribution < -0.4 is 75.8 Å². The average Bonchev–Trinajstić information content (AvgIpc) is 1.17. The fourth-order valence-electron chi connectivity index (χ4n) is 11.9. The Morgan fingerprint density at radius 2 is 0.774 bits per heavy atom. The Morgan fingerprint density at radius 3 is 1.08 bits per heavy atom. The fraction of sp³-hybridized carbons (Fsp3) is 0.541. The lowest BCUT2D eigenvalue weighted by molar-refractivity contribution is -0.206. The number of hydroxylamine groups is 2. The van der Waals surface area contributed by atoms with Crippen LogP contribution in [-0.4, -0.2) is 127 Å². The van der Waals surface area contributed by atoms with E-state index >= 15 is 0 Å². The number of nitrogens with one attached hydrogen (secondary N) is 2. The zero-order valence-electron chi connectivity index (χ0n) is 62.5. The third-order valence-corrected chi connectivity index (χ3v) is 17.7. The molecule has 6 rings (SSSR count). The van der Waals surface area contributed by atoms with Crippen molar-refractivity contribution in [2.75, 3.05) is 0 Å². The molecule has 32 nitrogen and oxygen atoms in total. The van der Waals surface area contributed by atoms with E-state index in [9.17, 15) is 58.2 Å².